The summed E-state index contributed by atoms with van der Waals surface area (Å²) in [6.45, 7) is 5.72. The Hall–Kier alpha value is -0.880. The van der Waals surface area contributed by atoms with E-state index in [1.54, 1.807) is 36.9 Å². The van der Waals surface area contributed by atoms with E-state index >= 15 is 0 Å². The van der Waals surface area contributed by atoms with E-state index < -0.39 is 9.84 Å². The number of amides is 1. The highest BCUT2D eigenvalue weighted by Crippen LogP contribution is 2.15. The molecule has 6 heteroatoms. The number of hydrogen-bond donors (Lipinski definition) is 0. The van der Waals surface area contributed by atoms with E-state index in [-0.39, 0.29) is 23.5 Å². The van der Waals surface area contributed by atoms with Crippen molar-refractivity contribution in [2.75, 3.05) is 18.1 Å². The molecule has 0 aliphatic heterocycles. The Labute approximate surface area is 129 Å². The number of carbonyl (C=O) groups excluding carboxylic acids is 1. The van der Waals surface area contributed by atoms with E-state index in [4.69, 9.17) is 0 Å². The van der Waals surface area contributed by atoms with Gasteiger partial charge in [0.25, 0.3) is 5.91 Å². The largest absolute Gasteiger partial charge is 0.335 e. The molecule has 1 atom stereocenters. The summed E-state index contributed by atoms with van der Waals surface area (Å²) in [6, 6.07) is 6.77. The second kappa shape index (κ2) is 7.22. The zero-order valence-corrected chi connectivity index (χ0v) is 14.4. The van der Waals surface area contributed by atoms with Crippen LogP contribution in [0.4, 0.5) is 0 Å². The molecule has 0 fully saturated rings. The minimum Gasteiger partial charge on any atom is -0.335 e. The average molecular weight is 362 g/mol. The first kappa shape index (κ1) is 17.2. The fourth-order valence-corrected chi connectivity index (χ4v) is 3.57. The zero-order chi connectivity index (χ0) is 15.3. The first-order valence-corrected chi connectivity index (χ1v) is 9.19. The second-order valence-corrected chi connectivity index (χ2v) is 7.96. The minimum absolute atomic E-state index is 0.00289. The summed E-state index contributed by atoms with van der Waals surface area (Å²) < 4.78 is 24.2. The summed E-state index contributed by atoms with van der Waals surface area (Å²) >= 11 is 3.33. The maximum Gasteiger partial charge on any atom is 0.254 e. The van der Waals surface area contributed by atoms with Gasteiger partial charge in [-0.25, -0.2) is 8.42 Å². The molecular weight excluding hydrogens is 342 g/mol. The number of sulfone groups is 1. The molecule has 0 aliphatic rings. The molecule has 112 valence electrons. The molecule has 0 saturated heterocycles. The molecule has 4 nitrogen and oxygen atoms in total. The Morgan fingerprint density at radius 3 is 2.50 bits per heavy atom. The molecule has 0 aromatic heterocycles. The van der Waals surface area contributed by atoms with Crippen LogP contribution in [0.3, 0.4) is 0 Å². The minimum atomic E-state index is -3.10. The van der Waals surface area contributed by atoms with E-state index in [1.165, 1.54) is 0 Å². The third-order valence-electron chi connectivity index (χ3n) is 3.14. The van der Waals surface area contributed by atoms with Crippen molar-refractivity contribution in [3.8, 4) is 0 Å². The van der Waals surface area contributed by atoms with Crippen molar-refractivity contribution in [1.29, 1.82) is 0 Å². The van der Waals surface area contributed by atoms with Gasteiger partial charge in [0.2, 0.25) is 0 Å². The highest BCUT2D eigenvalue weighted by Gasteiger charge is 2.24. The summed E-state index contributed by atoms with van der Waals surface area (Å²) in [5, 5.41) is 0. The molecule has 0 radical (unpaired) electrons. The fourth-order valence-electron chi connectivity index (χ4n) is 2.02. The summed E-state index contributed by atoms with van der Waals surface area (Å²) in [5.74, 6) is -0.0514. The molecule has 1 aromatic carbocycles. The van der Waals surface area contributed by atoms with Crippen molar-refractivity contribution < 1.29 is 13.2 Å². The molecule has 0 saturated carbocycles. The average Bonchev–Trinajstić information content (AvgIpc) is 2.38. The lowest BCUT2D eigenvalue weighted by Crippen LogP contribution is -2.42. The van der Waals surface area contributed by atoms with Gasteiger partial charge in [0, 0.05) is 28.4 Å². The third kappa shape index (κ3) is 4.59. The Kier molecular flexibility index (Phi) is 6.20. The van der Waals surface area contributed by atoms with Gasteiger partial charge in [-0.05, 0) is 32.0 Å². The standard InChI is InChI=1S/C14H20BrNO3S/c1-4-16(11(3)10-20(18,19)5-2)14(17)12-7-6-8-13(15)9-12/h6-9,11H,4-5,10H2,1-3H3. The lowest BCUT2D eigenvalue weighted by Gasteiger charge is -2.28. The van der Waals surface area contributed by atoms with Crippen molar-refractivity contribution in [1.82, 2.24) is 4.90 Å². The highest BCUT2D eigenvalue weighted by atomic mass is 79.9. The Morgan fingerprint density at radius 2 is 2.00 bits per heavy atom. The van der Waals surface area contributed by atoms with E-state index in [1.807, 2.05) is 13.0 Å². The van der Waals surface area contributed by atoms with Gasteiger partial charge in [-0.3, -0.25) is 4.79 Å². The molecule has 0 bridgehead atoms. The lowest BCUT2D eigenvalue weighted by molar-refractivity contribution is 0.0719. The van der Waals surface area contributed by atoms with Crippen LogP contribution in [0.25, 0.3) is 0 Å². The van der Waals surface area contributed by atoms with Crippen LogP contribution in [0.2, 0.25) is 0 Å². The predicted octanol–water partition coefficient (Wildman–Crippen LogP) is 2.73. The van der Waals surface area contributed by atoms with Crippen molar-refractivity contribution in [3.63, 3.8) is 0 Å². The van der Waals surface area contributed by atoms with Crippen LogP contribution in [0.5, 0.6) is 0 Å². The summed E-state index contributed by atoms with van der Waals surface area (Å²) in [5.41, 5.74) is 0.557. The van der Waals surface area contributed by atoms with Gasteiger partial charge in [0.15, 0.2) is 9.84 Å². The van der Waals surface area contributed by atoms with Crippen LogP contribution in [0.15, 0.2) is 28.7 Å². The van der Waals surface area contributed by atoms with E-state index in [2.05, 4.69) is 15.9 Å². The van der Waals surface area contributed by atoms with Gasteiger partial charge in [-0.1, -0.05) is 28.9 Å². The molecule has 20 heavy (non-hydrogen) atoms. The molecule has 0 aliphatic carbocycles. The van der Waals surface area contributed by atoms with Crippen LogP contribution >= 0.6 is 15.9 Å². The topological polar surface area (TPSA) is 54.5 Å². The third-order valence-corrected chi connectivity index (χ3v) is 5.50. The molecule has 0 spiro atoms. The van der Waals surface area contributed by atoms with Crippen LogP contribution < -0.4 is 0 Å². The number of benzene rings is 1. The summed E-state index contributed by atoms with van der Waals surface area (Å²) in [4.78, 5) is 14.0. The second-order valence-electron chi connectivity index (χ2n) is 4.65. The van der Waals surface area contributed by atoms with Gasteiger partial charge >= 0.3 is 0 Å². The molecule has 0 heterocycles. The van der Waals surface area contributed by atoms with Gasteiger partial charge in [0.1, 0.15) is 0 Å². The Balaban J connectivity index is 2.93. The smallest absolute Gasteiger partial charge is 0.254 e. The van der Waals surface area contributed by atoms with Crippen LogP contribution in [0.1, 0.15) is 31.1 Å². The van der Waals surface area contributed by atoms with Crippen LogP contribution in [-0.4, -0.2) is 43.3 Å². The van der Waals surface area contributed by atoms with Crippen LogP contribution in [-0.2, 0) is 9.84 Å². The summed E-state index contributed by atoms with van der Waals surface area (Å²) in [6.07, 6.45) is 0. The van der Waals surface area contributed by atoms with Crippen LogP contribution in [0, 0.1) is 0 Å². The van der Waals surface area contributed by atoms with Crippen molar-refractivity contribution in [2.24, 2.45) is 0 Å². The Bertz CT molecular complexity index is 572. The number of rotatable bonds is 6. The lowest BCUT2D eigenvalue weighted by atomic mass is 10.2. The molecule has 1 rings (SSSR count). The maximum atomic E-state index is 12.5. The molecular formula is C14H20BrNO3S. The zero-order valence-electron chi connectivity index (χ0n) is 12.0. The number of nitrogens with zero attached hydrogens (tertiary/aromatic N) is 1. The van der Waals surface area contributed by atoms with E-state index in [9.17, 15) is 13.2 Å². The normalized spacial score (nSPS) is 13.0. The number of halogens is 1. The first-order chi connectivity index (χ1) is 9.30. The van der Waals surface area contributed by atoms with Crippen molar-refractivity contribution in [3.05, 3.63) is 34.3 Å². The van der Waals surface area contributed by atoms with Gasteiger partial charge in [0.05, 0.1) is 5.75 Å². The van der Waals surface area contributed by atoms with E-state index in [0.717, 1.165) is 4.47 Å². The van der Waals surface area contributed by atoms with Gasteiger partial charge < -0.3 is 4.90 Å². The number of carbonyl (C=O) groups is 1. The molecule has 1 unspecified atom stereocenters. The molecule has 1 aromatic rings. The van der Waals surface area contributed by atoms with Crippen molar-refractivity contribution >= 4 is 31.7 Å². The first-order valence-electron chi connectivity index (χ1n) is 6.57. The maximum absolute atomic E-state index is 12.5. The number of hydrogen-bond acceptors (Lipinski definition) is 3. The quantitative estimate of drug-likeness (QED) is 0.782. The fraction of sp³-hybridized carbons (Fsp3) is 0.500. The van der Waals surface area contributed by atoms with Gasteiger partial charge in [-0.15, -0.1) is 0 Å². The monoisotopic (exact) mass is 361 g/mol. The SMILES string of the molecule is CCN(C(=O)c1cccc(Br)c1)C(C)CS(=O)(=O)CC. The predicted molar refractivity (Wildman–Crippen MR) is 84.6 cm³/mol. The summed E-state index contributed by atoms with van der Waals surface area (Å²) in [7, 11) is -3.10. The molecule has 1 amide bonds. The van der Waals surface area contributed by atoms with Crippen molar-refractivity contribution in [2.45, 2.75) is 26.8 Å². The van der Waals surface area contributed by atoms with Gasteiger partial charge in [-0.2, -0.15) is 0 Å². The molecule has 0 N–H and O–H groups in total. The Morgan fingerprint density at radius 1 is 1.35 bits per heavy atom. The highest BCUT2D eigenvalue weighted by molar-refractivity contribution is 9.10. The van der Waals surface area contributed by atoms with E-state index in [0.29, 0.717) is 12.1 Å².